The largest absolute Gasteiger partial charge is 0.384 e. The molecule has 3 heterocycles. The third-order valence-corrected chi connectivity index (χ3v) is 6.19. The Morgan fingerprint density at radius 3 is 2.27 bits per heavy atom. The SMILES string of the molecule is CCCn1c(N)c(C(=O)CN2CCC(C(=O)N3CCCCCC3)CC2)c(=O)[nH]c1=O. The zero-order chi connectivity index (χ0) is 21.7. The van der Waals surface area contributed by atoms with Crippen molar-refractivity contribution in [3.8, 4) is 0 Å². The molecule has 0 spiro atoms. The van der Waals surface area contributed by atoms with E-state index in [1.807, 2.05) is 16.7 Å². The summed E-state index contributed by atoms with van der Waals surface area (Å²) in [6, 6.07) is 0. The molecule has 3 N–H and O–H groups in total. The molecule has 30 heavy (non-hydrogen) atoms. The van der Waals surface area contributed by atoms with E-state index in [1.54, 1.807) is 0 Å². The molecule has 1 amide bonds. The monoisotopic (exact) mass is 419 g/mol. The fraction of sp³-hybridized carbons (Fsp3) is 0.714. The number of anilines is 1. The summed E-state index contributed by atoms with van der Waals surface area (Å²) in [5.74, 6) is -0.206. The van der Waals surface area contributed by atoms with Crippen LogP contribution >= 0.6 is 0 Å². The lowest BCUT2D eigenvalue weighted by atomic mass is 9.94. The van der Waals surface area contributed by atoms with Crippen molar-refractivity contribution in [2.45, 2.75) is 58.4 Å². The Labute approximate surface area is 176 Å². The minimum Gasteiger partial charge on any atom is -0.384 e. The lowest BCUT2D eigenvalue weighted by Gasteiger charge is -2.33. The molecule has 0 bridgehead atoms. The number of nitrogens with one attached hydrogen (secondary N) is 1. The van der Waals surface area contributed by atoms with Gasteiger partial charge in [-0.3, -0.25) is 28.8 Å². The molecule has 2 saturated heterocycles. The Morgan fingerprint density at radius 2 is 1.67 bits per heavy atom. The van der Waals surface area contributed by atoms with E-state index in [-0.39, 0.29) is 29.8 Å². The van der Waals surface area contributed by atoms with Gasteiger partial charge in [-0.2, -0.15) is 0 Å². The van der Waals surface area contributed by atoms with Gasteiger partial charge in [0.25, 0.3) is 5.56 Å². The van der Waals surface area contributed by atoms with Crippen molar-refractivity contribution in [3.63, 3.8) is 0 Å². The number of nitrogens with zero attached hydrogens (tertiary/aromatic N) is 3. The van der Waals surface area contributed by atoms with Gasteiger partial charge in [0.2, 0.25) is 5.91 Å². The van der Waals surface area contributed by atoms with Gasteiger partial charge >= 0.3 is 5.69 Å². The number of rotatable bonds is 6. The number of amides is 1. The Bertz CT molecular complexity index is 874. The molecule has 1 aromatic rings. The van der Waals surface area contributed by atoms with Gasteiger partial charge in [-0.25, -0.2) is 4.79 Å². The average molecular weight is 420 g/mol. The van der Waals surface area contributed by atoms with Gasteiger partial charge in [-0.05, 0) is 45.2 Å². The standard InChI is InChI=1S/C21H33N5O4/c1-2-9-26-18(22)17(19(28)23-21(26)30)16(27)14-24-12-7-15(8-13-24)20(29)25-10-5-3-4-6-11-25/h15H,2-14,22H2,1H3,(H,23,28,30). The first-order valence-corrected chi connectivity index (χ1v) is 11.1. The van der Waals surface area contributed by atoms with Crippen molar-refractivity contribution in [1.82, 2.24) is 19.4 Å². The molecule has 1 aromatic heterocycles. The maximum atomic E-state index is 12.8. The highest BCUT2D eigenvalue weighted by Gasteiger charge is 2.30. The molecule has 9 heteroatoms. The van der Waals surface area contributed by atoms with Crippen molar-refractivity contribution < 1.29 is 9.59 Å². The van der Waals surface area contributed by atoms with Crippen LogP contribution in [-0.2, 0) is 11.3 Å². The Morgan fingerprint density at radius 1 is 1.03 bits per heavy atom. The molecule has 0 radical (unpaired) electrons. The summed E-state index contributed by atoms with van der Waals surface area (Å²) < 4.78 is 1.24. The number of nitrogen functional groups attached to an aromatic ring is 1. The van der Waals surface area contributed by atoms with E-state index < -0.39 is 17.0 Å². The van der Waals surface area contributed by atoms with E-state index in [9.17, 15) is 19.2 Å². The quantitative estimate of drug-likeness (QED) is 0.659. The number of ketones is 1. The van der Waals surface area contributed by atoms with Crippen molar-refractivity contribution in [2.75, 3.05) is 38.5 Å². The number of carbonyl (C=O) groups excluding carboxylic acids is 2. The number of aromatic amines is 1. The Hall–Kier alpha value is -2.42. The minimum atomic E-state index is -0.735. The summed E-state index contributed by atoms with van der Waals surface area (Å²) in [6.07, 6.45) is 6.62. The van der Waals surface area contributed by atoms with Crippen molar-refractivity contribution in [3.05, 3.63) is 26.4 Å². The highest BCUT2D eigenvalue weighted by molar-refractivity contribution is 6.01. The zero-order valence-electron chi connectivity index (χ0n) is 17.8. The van der Waals surface area contributed by atoms with Crippen molar-refractivity contribution >= 4 is 17.5 Å². The van der Waals surface area contributed by atoms with Crippen LogP contribution in [0.15, 0.2) is 9.59 Å². The van der Waals surface area contributed by atoms with E-state index in [0.29, 0.717) is 38.9 Å². The predicted octanol–water partition coefficient (Wildman–Crippen LogP) is 0.826. The molecule has 9 nitrogen and oxygen atoms in total. The molecular weight excluding hydrogens is 386 g/mol. The Kier molecular flexibility index (Phi) is 7.47. The topological polar surface area (TPSA) is 121 Å². The summed E-state index contributed by atoms with van der Waals surface area (Å²) in [5, 5.41) is 0. The normalized spacial score (nSPS) is 18.9. The summed E-state index contributed by atoms with van der Waals surface area (Å²) in [6.45, 7) is 5.24. The first-order chi connectivity index (χ1) is 14.4. The summed E-state index contributed by atoms with van der Waals surface area (Å²) in [4.78, 5) is 55.9. The highest BCUT2D eigenvalue weighted by Crippen LogP contribution is 2.22. The first-order valence-electron chi connectivity index (χ1n) is 11.1. The van der Waals surface area contributed by atoms with Crippen LogP contribution in [0.2, 0.25) is 0 Å². The van der Waals surface area contributed by atoms with Crippen LogP contribution in [-0.4, -0.2) is 63.8 Å². The Balaban J connectivity index is 1.60. The molecule has 3 rings (SSSR count). The van der Waals surface area contributed by atoms with E-state index >= 15 is 0 Å². The first kappa shape index (κ1) is 22.3. The van der Waals surface area contributed by atoms with Gasteiger partial charge < -0.3 is 10.6 Å². The number of hydrogen-bond acceptors (Lipinski definition) is 6. The lowest BCUT2D eigenvalue weighted by molar-refractivity contribution is -0.137. The van der Waals surface area contributed by atoms with Crippen LogP contribution in [0.5, 0.6) is 0 Å². The second-order valence-corrected chi connectivity index (χ2v) is 8.38. The second-order valence-electron chi connectivity index (χ2n) is 8.38. The molecule has 0 saturated carbocycles. The van der Waals surface area contributed by atoms with Crippen LogP contribution in [0, 0.1) is 5.92 Å². The maximum absolute atomic E-state index is 12.8. The van der Waals surface area contributed by atoms with Gasteiger partial charge in [0.15, 0.2) is 5.78 Å². The van der Waals surface area contributed by atoms with Crippen molar-refractivity contribution in [2.24, 2.45) is 5.92 Å². The molecule has 0 unspecified atom stereocenters. The second kappa shape index (κ2) is 10.1. The number of hydrogen-bond donors (Lipinski definition) is 2. The van der Waals surface area contributed by atoms with Crippen LogP contribution in [0.1, 0.15) is 62.2 Å². The average Bonchev–Trinajstić information content (AvgIpc) is 3.00. The van der Waals surface area contributed by atoms with Gasteiger partial charge in [-0.1, -0.05) is 19.8 Å². The highest BCUT2D eigenvalue weighted by atomic mass is 16.2. The van der Waals surface area contributed by atoms with Crippen LogP contribution in [0.4, 0.5) is 5.82 Å². The molecule has 0 aliphatic carbocycles. The molecule has 0 atom stereocenters. The van der Waals surface area contributed by atoms with Gasteiger partial charge in [0.05, 0.1) is 6.54 Å². The molecular formula is C21H33N5O4. The number of aromatic nitrogens is 2. The molecule has 2 aliphatic heterocycles. The number of carbonyl (C=O) groups is 2. The van der Waals surface area contributed by atoms with E-state index in [4.69, 9.17) is 5.73 Å². The summed E-state index contributed by atoms with van der Waals surface area (Å²) in [5.41, 5.74) is 4.51. The van der Waals surface area contributed by atoms with E-state index in [1.165, 1.54) is 17.4 Å². The van der Waals surface area contributed by atoms with Crippen LogP contribution in [0.25, 0.3) is 0 Å². The molecule has 166 valence electrons. The summed E-state index contributed by atoms with van der Waals surface area (Å²) >= 11 is 0. The third kappa shape index (κ3) is 5.00. The number of Topliss-reactive ketones (excluding diaryl/α,β-unsaturated/α-hetero) is 1. The molecule has 2 fully saturated rings. The fourth-order valence-corrected chi connectivity index (χ4v) is 4.47. The van der Waals surface area contributed by atoms with Crippen LogP contribution < -0.4 is 17.0 Å². The maximum Gasteiger partial charge on any atom is 0.329 e. The van der Waals surface area contributed by atoms with Crippen LogP contribution in [0.3, 0.4) is 0 Å². The fourth-order valence-electron chi connectivity index (χ4n) is 4.47. The zero-order valence-corrected chi connectivity index (χ0v) is 17.8. The number of H-pyrrole nitrogens is 1. The summed E-state index contributed by atoms with van der Waals surface area (Å²) in [7, 11) is 0. The molecule has 0 aromatic carbocycles. The third-order valence-electron chi connectivity index (χ3n) is 6.19. The van der Waals surface area contributed by atoms with Gasteiger partial charge in [0, 0.05) is 25.6 Å². The minimum absolute atomic E-state index is 0.00869. The number of nitrogens with two attached hydrogens (primary N) is 1. The van der Waals surface area contributed by atoms with Gasteiger partial charge in [-0.15, -0.1) is 0 Å². The number of likely N-dealkylation sites (tertiary alicyclic amines) is 2. The predicted molar refractivity (Wildman–Crippen MR) is 115 cm³/mol. The van der Waals surface area contributed by atoms with Gasteiger partial charge in [0.1, 0.15) is 11.4 Å². The van der Waals surface area contributed by atoms with Crippen molar-refractivity contribution in [1.29, 1.82) is 0 Å². The molecule has 2 aliphatic rings. The smallest absolute Gasteiger partial charge is 0.329 e. The number of piperidine rings is 1. The van der Waals surface area contributed by atoms with E-state index in [0.717, 1.165) is 25.9 Å². The lowest BCUT2D eigenvalue weighted by Crippen LogP contribution is -2.45. The van der Waals surface area contributed by atoms with E-state index in [2.05, 4.69) is 4.98 Å².